The van der Waals surface area contributed by atoms with E-state index in [0.29, 0.717) is 22.3 Å². The number of hydrogen-bond donors (Lipinski definition) is 4. The Morgan fingerprint density at radius 3 is 0.805 bits per heavy atom. The van der Waals surface area contributed by atoms with Gasteiger partial charge in [-0.3, -0.25) is 19.2 Å². The van der Waals surface area contributed by atoms with Crippen molar-refractivity contribution in [3.05, 3.63) is 299 Å². The van der Waals surface area contributed by atoms with E-state index in [2.05, 4.69) is 49.4 Å². The van der Waals surface area contributed by atoms with Crippen molar-refractivity contribution in [1.29, 1.82) is 0 Å². The van der Waals surface area contributed by atoms with E-state index in [1.54, 1.807) is 48.5 Å². The van der Waals surface area contributed by atoms with Crippen LogP contribution >= 0.6 is 0 Å². The van der Waals surface area contributed by atoms with Crippen molar-refractivity contribution in [3.63, 3.8) is 0 Å². The molecule has 0 aliphatic carbocycles. The number of carboxylic acid groups (broad SMARTS) is 4. The fourth-order valence-electron chi connectivity index (χ4n) is 7.99. The van der Waals surface area contributed by atoms with Crippen LogP contribution in [0.1, 0.15) is 66.8 Å². The molecule has 0 bridgehead atoms. The Labute approximate surface area is 444 Å². The number of carbonyl (C=O) groups is 4. The van der Waals surface area contributed by atoms with E-state index < -0.39 is 46.7 Å². The molecule has 7 aromatic carbocycles. The molecule has 77 heavy (non-hydrogen) atoms. The minimum atomic E-state index is -1.33. The van der Waals surface area contributed by atoms with Gasteiger partial charge in [-0.25, -0.2) is 19.4 Å². The van der Waals surface area contributed by atoms with Crippen LogP contribution in [0.4, 0.5) is 17.1 Å². The van der Waals surface area contributed by atoms with Crippen molar-refractivity contribution >= 4 is 88.5 Å². The lowest BCUT2D eigenvalue weighted by atomic mass is 9.94. The van der Waals surface area contributed by atoms with Crippen molar-refractivity contribution in [2.24, 2.45) is 0 Å². The molecular formula is C64H43N5O8. The third-order valence-electron chi connectivity index (χ3n) is 12.1. The number of carboxylic acids is 4. The average Bonchev–Trinajstić information content (AvgIpc) is 3.43. The molecule has 0 saturated carbocycles. The summed E-state index contributed by atoms with van der Waals surface area (Å²) in [5.74, 6) is -5.32. The van der Waals surface area contributed by atoms with Gasteiger partial charge in [0.1, 0.15) is 0 Å². The van der Waals surface area contributed by atoms with Gasteiger partial charge in [-0.05, 0) is 165 Å². The van der Waals surface area contributed by atoms with Gasteiger partial charge >= 0.3 is 23.9 Å². The highest BCUT2D eigenvalue weighted by molar-refractivity contribution is 5.98. The van der Waals surface area contributed by atoms with Gasteiger partial charge in [0.2, 0.25) is 0 Å². The summed E-state index contributed by atoms with van der Waals surface area (Å²) in [6.45, 7) is 33.1. The smallest absolute Gasteiger partial charge is 0.333 e. The molecule has 0 unspecified atom stereocenters. The number of aliphatic carboxylic acids is 4. The van der Waals surface area contributed by atoms with Crippen molar-refractivity contribution in [2.45, 2.75) is 13.8 Å². The Morgan fingerprint density at radius 2 is 0.571 bits per heavy atom. The molecule has 13 heteroatoms. The Hall–Kier alpha value is -11.4. The molecular weight excluding hydrogens is 967 g/mol. The predicted molar refractivity (Wildman–Crippen MR) is 299 cm³/mol. The fraction of sp³-hybridized carbons (Fsp3) is 0.0312. The number of aryl methyl sites for hydroxylation is 2. The highest BCUT2D eigenvalue weighted by Gasteiger charge is 2.17. The zero-order valence-electron chi connectivity index (χ0n) is 41.2. The minimum Gasteiger partial charge on any atom is -0.486 e. The lowest BCUT2D eigenvalue weighted by molar-refractivity contribution is -0.133. The molecule has 0 heterocycles. The number of benzene rings is 7. The maximum absolute atomic E-state index is 11.6. The summed E-state index contributed by atoms with van der Waals surface area (Å²) in [5, 5.41) is 37.7. The molecule has 0 amide bonds. The van der Waals surface area contributed by atoms with Crippen LogP contribution in [0.15, 0.2) is 187 Å². The number of hydrogen-bond acceptors (Lipinski definition) is 5. The van der Waals surface area contributed by atoms with Crippen molar-refractivity contribution in [3.8, 4) is 0 Å². The van der Waals surface area contributed by atoms with Crippen LogP contribution in [0.25, 0.3) is 67.0 Å². The molecule has 7 aromatic rings. The van der Waals surface area contributed by atoms with E-state index in [9.17, 15) is 39.6 Å². The zero-order valence-corrected chi connectivity index (χ0v) is 41.2. The summed E-state index contributed by atoms with van der Waals surface area (Å²) in [6, 6.07) is 50.6. The van der Waals surface area contributed by atoms with Crippen molar-refractivity contribution in [1.82, 2.24) is 0 Å². The molecule has 0 aliphatic heterocycles. The lowest BCUT2D eigenvalue weighted by Gasteiger charge is -2.26. The monoisotopic (exact) mass is 1010 g/mol. The van der Waals surface area contributed by atoms with E-state index in [-0.39, 0.29) is 0 Å². The highest BCUT2D eigenvalue weighted by atomic mass is 16.4. The van der Waals surface area contributed by atoms with Gasteiger partial charge in [0, 0.05) is 17.1 Å². The van der Waals surface area contributed by atoms with Gasteiger partial charge < -0.3 is 25.3 Å². The topological polar surface area (TPSA) is 170 Å². The van der Waals surface area contributed by atoms with E-state index in [1.807, 2.05) is 116 Å². The Balaban J connectivity index is 1.29. The standard InChI is InChI=1S/C64H43N5O8/c1-40-7-28-54(33-41(40)2)69(52-29-16-42(17-30-52)34-55(48-20-8-44(9-21-48)36-57(65-3)61(70)71)49-22-10-45(11-23-49)37-58(66-4)62(72)73)53-31-18-43(19-32-53)35-56(50-24-12-46(13-25-50)38-59(67-5)63(74)75)51-26-14-47(15-27-51)39-60(68-6)64(76)77/h7-39H,1-2H3,(H,70,71)(H,72,73)(H,74,75)(H,76,77)/b57-36-,58-37-,59-38-,60-39-. The summed E-state index contributed by atoms with van der Waals surface area (Å²) < 4.78 is 0. The molecule has 0 atom stereocenters. The Bertz CT molecular complexity index is 3410. The van der Waals surface area contributed by atoms with Gasteiger partial charge in [0.05, 0.1) is 26.3 Å². The third kappa shape index (κ3) is 13.4. The third-order valence-corrected chi connectivity index (χ3v) is 12.1. The molecule has 372 valence electrons. The maximum Gasteiger partial charge on any atom is 0.333 e. The first-order chi connectivity index (χ1) is 37.1. The summed E-state index contributed by atoms with van der Waals surface area (Å²) in [5.41, 5.74) is 11.6. The first-order valence-corrected chi connectivity index (χ1v) is 23.3. The molecule has 0 saturated heterocycles. The molecule has 7 rings (SSSR count). The van der Waals surface area contributed by atoms with Gasteiger partial charge in [-0.15, -0.1) is 0 Å². The summed E-state index contributed by atoms with van der Waals surface area (Å²) >= 11 is 0. The summed E-state index contributed by atoms with van der Waals surface area (Å²) in [4.78, 5) is 60.8. The molecule has 4 N–H and O–H groups in total. The van der Waals surface area contributed by atoms with Crippen LogP contribution in [0.3, 0.4) is 0 Å². The largest absolute Gasteiger partial charge is 0.486 e. The molecule has 0 radical (unpaired) electrons. The molecule has 0 aromatic heterocycles. The van der Waals surface area contributed by atoms with Crippen LogP contribution < -0.4 is 4.90 Å². The first kappa shape index (κ1) is 53.4. The Morgan fingerprint density at radius 1 is 0.338 bits per heavy atom. The first-order valence-electron chi connectivity index (χ1n) is 23.3. The Kier molecular flexibility index (Phi) is 16.9. The SMILES string of the molecule is [C-]#[N+]/C(=C\c1ccc(C(=Cc2ccc(N(c3ccc(C=C(c4ccc(/C=C(\[N+]#[C-])C(=O)O)cc4)c4ccc(/C=C(\[N+]#[C-])C(=O)O)cc4)cc3)c3ccc(C)c(C)c3)cc2)c2ccc(/C=C(\[N+]#[C-])C(=O)O)cc2)cc1)C(=O)O. The van der Waals surface area contributed by atoms with E-state index in [1.165, 1.54) is 24.3 Å². The molecule has 13 nitrogen and oxygen atoms in total. The van der Waals surface area contributed by atoms with Crippen LogP contribution in [0.5, 0.6) is 0 Å². The second kappa shape index (κ2) is 24.4. The van der Waals surface area contributed by atoms with Crippen LogP contribution in [0.2, 0.25) is 0 Å². The van der Waals surface area contributed by atoms with Crippen LogP contribution in [-0.4, -0.2) is 44.3 Å². The van der Waals surface area contributed by atoms with Crippen molar-refractivity contribution in [2.75, 3.05) is 4.90 Å². The quantitative estimate of drug-likeness (QED) is 0.0394. The summed E-state index contributed by atoms with van der Waals surface area (Å²) in [6.07, 6.45) is 9.18. The predicted octanol–water partition coefficient (Wildman–Crippen LogP) is 14.3. The zero-order chi connectivity index (χ0) is 55.2. The normalized spacial score (nSPS) is 11.4. The van der Waals surface area contributed by atoms with Gasteiger partial charge in [-0.1, -0.05) is 127 Å². The van der Waals surface area contributed by atoms with E-state index >= 15 is 0 Å². The second-order valence-electron chi connectivity index (χ2n) is 17.2. The van der Waals surface area contributed by atoms with Crippen molar-refractivity contribution < 1.29 is 39.6 Å². The fourth-order valence-corrected chi connectivity index (χ4v) is 7.99. The van der Waals surface area contributed by atoms with Crippen LogP contribution in [-0.2, 0) is 19.2 Å². The lowest BCUT2D eigenvalue weighted by Crippen LogP contribution is -2.10. The van der Waals surface area contributed by atoms with E-state index in [4.69, 9.17) is 26.3 Å². The average molecular weight is 1010 g/mol. The molecule has 0 aliphatic rings. The van der Waals surface area contributed by atoms with E-state index in [0.717, 1.165) is 72.7 Å². The van der Waals surface area contributed by atoms with Gasteiger partial charge in [0.25, 0.3) is 22.8 Å². The maximum atomic E-state index is 11.6. The van der Waals surface area contributed by atoms with Gasteiger partial charge in [0.15, 0.2) is 0 Å². The highest BCUT2D eigenvalue weighted by Crippen LogP contribution is 2.38. The van der Waals surface area contributed by atoms with Gasteiger partial charge in [-0.2, -0.15) is 0 Å². The number of rotatable bonds is 17. The molecule has 0 fully saturated rings. The summed E-state index contributed by atoms with van der Waals surface area (Å²) in [7, 11) is 0. The van der Waals surface area contributed by atoms with Crippen LogP contribution in [0, 0.1) is 40.1 Å². The number of nitrogens with zero attached hydrogens (tertiary/aromatic N) is 5. The number of anilines is 3. The second-order valence-corrected chi connectivity index (χ2v) is 17.2. The molecule has 0 spiro atoms. The minimum absolute atomic E-state index is 0.424.